The molecule has 0 aliphatic carbocycles. The van der Waals surface area contributed by atoms with Crippen LogP contribution in [-0.2, 0) is 12.8 Å². The summed E-state index contributed by atoms with van der Waals surface area (Å²) < 4.78 is 0. The van der Waals surface area contributed by atoms with Gasteiger partial charge in [-0.1, -0.05) is 0 Å². The zero-order valence-corrected chi connectivity index (χ0v) is 11.6. The minimum atomic E-state index is 0.595. The van der Waals surface area contributed by atoms with E-state index in [4.69, 9.17) is 0 Å². The van der Waals surface area contributed by atoms with Gasteiger partial charge in [-0.3, -0.25) is 4.98 Å². The van der Waals surface area contributed by atoms with Crippen molar-refractivity contribution in [2.75, 3.05) is 7.05 Å². The number of hydrogen-bond donors (Lipinski definition) is 1. The lowest BCUT2D eigenvalue weighted by molar-refractivity contribution is 0.489. The Morgan fingerprint density at radius 2 is 1.83 bits per heavy atom. The number of nitrogens with zero attached hydrogens (tertiary/aromatic N) is 1. The predicted octanol–water partition coefficient (Wildman–Crippen LogP) is 3.30. The van der Waals surface area contributed by atoms with Crippen LogP contribution in [0.5, 0.6) is 0 Å². The second-order valence-electron chi connectivity index (χ2n) is 4.55. The first-order valence-corrected chi connectivity index (χ1v) is 7.40. The summed E-state index contributed by atoms with van der Waals surface area (Å²) in [7, 11) is 2.06. The van der Waals surface area contributed by atoms with Gasteiger partial charge in [-0.2, -0.15) is 11.3 Å². The fourth-order valence-electron chi connectivity index (χ4n) is 2.10. The van der Waals surface area contributed by atoms with Gasteiger partial charge in [-0.15, -0.1) is 0 Å². The summed E-state index contributed by atoms with van der Waals surface area (Å²) >= 11 is 1.78. The molecule has 0 aliphatic heterocycles. The maximum atomic E-state index is 4.05. The molecule has 2 aromatic heterocycles. The van der Waals surface area contributed by atoms with Crippen molar-refractivity contribution in [3.63, 3.8) is 0 Å². The maximum absolute atomic E-state index is 4.05. The van der Waals surface area contributed by atoms with E-state index in [1.54, 1.807) is 11.3 Å². The van der Waals surface area contributed by atoms with E-state index < -0.39 is 0 Å². The van der Waals surface area contributed by atoms with Crippen molar-refractivity contribution in [1.29, 1.82) is 0 Å². The summed E-state index contributed by atoms with van der Waals surface area (Å²) in [5.41, 5.74) is 2.84. The van der Waals surface area contributed by atoms with Gasteiger partial charge < -0.3 is 5.32 Å². The van der Waals surface area contributed by atoms with Crippen LogP contribution in [0.1, 0.15) is 24.0 Å². The Balaban J connectivity index is 1.75. The molecule has 96 valence electrons. The minimum absolute atomic E-state index is 0.595. The highest BCUT2D eigenvalue weighted by Crippen LogP contribution is 2.12. The van der Waals surface area contributed by atoms with Crippen LogP contribution in [0.3, 0.4) is 0 Å². The third kappa shape index (κ3) is 4.24. The summed E-state index contributed by atoms with van der Waals surface area (Å²) in [6.45, 7) is 0. The van der Waals surface area contributed by atoms with Gasteiger partial charge in [0.1, 0.15) is 0 Å². The van der Waals surface area contributed by atoms with Gasteiger partial charge in [0.05, 0.1) is 0 Å². The van der Waals surface area contributed by atoms with E-state index in [-0.39, 0.29) is 0 Å². The Morgan fingerprint density at radius 1 is 1.11 bits per heavy atom. The van der Waals surface area contributed by atoms with E-state index in [1.807, 2.05) is 12.4 Å². The fraction of sp³-hybridized carbons (Fsp3) is 0.400. The molecule has 2 rings (SSSR count). The number of rotatable bonds is 7. The van der Waals surface area contributed by atoms with Crippen molar-refractivity contribution in [1.82, 2.24) is 10.3 Å². The molecular weight excluding hydrogens is 240 g/mol. The molecular formula is C15H20N2S. The smallest absolute Gasteiger partial charge is 0.0270 e. The molecule has 0 aliphatic rings. The SMILES string of the molecule is CNC(CCc1ccncc1)CCc1ccsc1. The lowest BCUT2D eigenvalue weighted by atomic mass is 10.0. The number of aromatic nitrogens is 1. The molecule has 3 heteroatoms. The van der Waals surface area contributed by atoms with Gasteiger partial charge in [-0.25, -0.2) is 0 Å². The Morgan fingerprint density at radius 3 is 2.44 bits per heavy atom. The average Bonchev–Trinajstić information content (AvgIpc) is 2.93. The van der Waals surface area contributed by atoms with Crippen LogP contribution < -0.4 is 5.32 Å². The third-order valence-electron chi connectivity index (χ3n) is 3.30. The topological polar surface area (TPSA) is 24.9 Å². The molecule has 1 unspecified atom stereocenters. The monoisotopic (exact) mass is 260 g/mol. The second kappa shape index (κ2) is 7.29. The summed E-state index contributed by atoms with van der Waals surface area (Å²) in [6.07, 6.45) is 8.43. The lowest BCUT2D eigenvalue weighted by Gasteiger charge is -2.15. The van der Waals surface area contributed by atoms with Crippen LogP contribution in [-0.4, -0.2) is 18.1 Å². The predicted molar refractivity (Wildman–Crippen MR) is 78.0 cm³/mol. The molecule has 0 spiro atoms. The maximum Gasteiger partial charge on any atom is 0.0270 e. The lowest BCUT2D eigenvalue weighted by Crippen LogP contribution is -2.26. The first kappa shape index (κ1) is 13.2. The Kier molecular flexibility index (Phi) is 5.36. The number of nitrogens with one attached hydrogen (secondary N) is 1. The van der Waals surface area contributed by atoms with E-state index in [9.17, 15) is 0 Å². The second-order valence-corrected chi connectivity index (χ2v) is 5.33. The van der Waals surface area contributed by atoms with Crippen molar-refractivity contribution >= 4 is 11.3 Å². The van der Waals surface area contributed by atoms with E-state index in [0.717, 1.165) is 6.42 Å². The zero-order valence-electron chi connectivity index (χ0n) is 10.8. The number of thiophene rings is 1. The van der Waals surface area contributed by atoms with Gasteiger partial charge in [0.15, 0.2) is 0 Å². The molecule has 18 heavy (non-hydrogen) atoms. The van der Waals surface area contributed by atoms with Gasteiger partial charge in [0, 0.05) is 18.4 Å². The highest BCUT2D eigenvalue weighted by molar-refractivity contribution is 7.07. The molecule has 2 aromatic rings. The first-order chi connectivity index (χ1) is 8.88. The fourth-order valence-corrected chi connectivity index (χ4v) is 2.80. The standard InChI is InChI=1S/C15H20N2S/c1-16-15(5-3-14-8-11-18-12-14)4-2-13-6-9-17-10-7-13/h6-12,15-16H,2-5H2,1H3. The average molecular weight is 260 g/mol. The van der Waals surface area contributed by atoms with Gasteiger partial charge in [-0.05, 0) is 72.8 Å². The van der Waals surface area contributed by atoms with Crippen LogP contribution in [0.2, 0.25) is 0 Å². The van der Waals surface area contributed by atoms with Crippen LogP contribution >= 0.6 is 11.3 Å². The third-order valence-corrected chi connectivity index (χ3v) is 4.03. The van der Waals surface area contributed by atoms with Gasteiger partial charge in [0.25, 0.3) is 0 Å². The molecule has 2 heterocycles. The van der Waals surface area contributed by atoms with Crippen LogP contribution in [0, 0.1) is 0 Å². The summed E-state index contributed by atoms with van der Waals surface area (Å²) in [4.78, 5) is 4.05. The quantitative estimate of drug-likeness (QED) is 0.826. The number of aryl methyl sites for hydroxylation is 2. The van der Waals surface area contributed by atoms with Gasteiger partial charge in [0.2, 0.25) is 0 Å². The zero-order chi connectivity index (χ0) is 12.6. The number of pyridine rings is 1. The Labute approximate surface area is 113 Å². The highest BCUT2D eigenvalue weighted by atomic mass is 32.1. The molecule has 0 aromatic carbocycles. The minimum Gasteiger partial charge on any atom is -0.317 e. The van der Waals surface area contributed by atoms with Crippen molar-refractivity contribution < 1.29 is 0 Å². The van der Waals surface area contributed by atoms with E-state index in [0.29, 0.717) is 6.04 Å². The number of hydrogen-bond acceptors (Lipinski definition) is 3. The molecule has 0 saturated carbocycles. The van der Waals surface area contributed by atoms with E-state index in [2.05, 4.69) is 46.3 Å². The molecule has 2 nitrogen and oxygen atoms in total. The van der Waals surface area contributed by atoms with Crippen LogP contribution in [0.15, 0.2) is 41.4 Å². The van der Waals surface area contributed by atoms with Crippen molar-refractivity contribution in [2.24, 2.45) is 0 Å². The molecule has 0 amide bonds. The van der Waals surface area contributed by atoms with Crippen LogP contribution in [0.25, 0.3) is 0 Å². The molecule has 1 N–H and O–H groups in total. The normalized spacial score (nSPS) is 12.5. The molecule has 0 radical (unpaired) electrons. The Hall–Kier alpha value is -1.19. The summed E-state index contributed by atoms with van der Waals surface area (Å²) in [5, 5.41) is 7.82. The molecule has 0 bridgehead atoms. The first-order valence-electron chi connectivity index (χ1n) is 6.45. The highest BCUT2D eigenvalue weighted by Gasteiger charge is 2.07. The van der Waals surface area contributed by atoms with E-state index >= 15 is 0 Å². The molecule has 0 saturated heterocycles. The molecule has 0 fully saturated rings. The van der Waals surface area contributed by atoms with Gasteiger partial charge >= 0.3 is 0 Å². The van der Waals surface area contributed by atoms with Crippen LogP contribution in [0.4, 0.5) is 0 Å². The van der Waals surface area contributed by atoms with Crippen molar-refractivity contribution in [2.45, 2.75) is 31.7 Å². The van der Waals surface area contributed by atoms with Crippen molar-refractivity contribution in [3.8, 4) is 0 Å². The molecule has 1 atom stereocenters. The largest absolute Gasteiger partial charge is 0.317 e. The summed E-state index contributed by atoms with van der Waals surface area (Å²) in [6, 6.07) is 7.02. The Bertz CT molecular complexity index is 425. The summed E-state index contributed by atoms with van der Waals surface area (Å²) in [5.74, 6) is 0. The van der Waals surface area contributed by atoms with E-state index in [1.165, 1.54) is 30.4 Å². The van der Waals surface area contributed by atoms with Crippen molar-refractivity contribution in [3.05, 3.63) is 52.5 Å².